The van der Waals surface area contributed by atoms with E-state index >= 15 is 0 Å². The number of para-hydroxylation sites is 2. The van der Waals surface area contributed by atoms with E-state index in [1.165, 1.54) is 0 Å². The van der Waals surface area contributed by atoms with Crippen molar-refractivity contribution in [2.75, 3.05) is 10.6 Å². The predicted octanol–water partition coefficient (Wildman–Crippen LogP) is 3.58. The van der Waals surface area contributed by atoms with Crippen LogP contribution in [0.4, 0.5) is 17.1 Å². The molecule has 0 fully saturated rings. The largest absolute Gasteiger partial charge is 0.353 e. The molecule has 2 N–H and O–H groups in total. The monoisotopic (exact) mass is 258 g/mol. The first-order valence-corrected chi connectivity index (χ1v) is 6.05. The fourth-order valence-corrected chi connectivity index (χ4v) is 2.25. The summed E-state index contributed by atoms with van der Waals surface area (Å²) in [6.07, 6.45) is 0.438. The van der Waals surface area contributed by atoms with Gasteiger partial charge in [0.2, 0.25) is 5.91 Å². The molecule has 0 bridgehead atoms. The number of amides is 1. The molecule has 4 heteroatoms. The molecular weight excluding hydrogens is 248 g/mol. The van der Waals surface area contributed by atoms with Gasteiger partial charge in [0, 0.05) is 0 Å². The molecule has 0 radical (unpaired) electrons. The highest BCUT2D eigenvalue weighted by atomic mass is 35.5. The highest BCUT2D eigenvalue weighted by Gasteiger charge is 2.20. The first-order valence-electron chi connectivity index (χ1n) is 5.67. The van der Waals surface area contributed by atoms with Crippen LogP contribution in [0.3, 0.4) is 0 Å². The van der Waals surface area contributed by atoms with Crippen molar-refractivity contribution in [3.05, 3.63) is 53.1 Å². The van der Waals surface area contributed by atoms with Crippen LogP contribution >= 0.6 is 11.6 Å². The second-order valence-corrected chi connectivity index (χ2v) is 4.58. The zero-order valence-corrected chi connectivity index (χ0v) is 10.3. The summed E-state index contributed by atoms with van der Waals surface area (Å²) in [5.74, 6) is 0.0263. The summed E-state index contributed by atoms with van der Waals surface area (Å²) >= 11 is 6.10. The lowest BCUT2D eigenvalue weighted by Gasteiger charge is -2.12. The summed E-state index contributed by atoms with van der Waals surface area (Å²) < 4.78 is 0. The number of benzene rings is 2. The van der Waals surface area contributed by atoms with Gasteiger partial charge in [0.25, 0.3) is 0 Å². The van der Waals surface area contributed by atoms with Crippen molar-refractivity contribution >= 4 is 34.6 Å². The lowest BCUT2D eigenvalue weighted by molar-refractivity contribution is -0.115. The number of nitrogens with one attached hydrogen (secondary N) is 2. The van der Waals surface area contributed by atoms with Crippen LogP contribution < -0.4 is 10.6 Å². The average Bonchev–Trinajstić information content (AvgIpc) is 2.73. The van der Waals surface area contributed by atoms with Gasteiger partial charge in [-0.15, -0.1) is 0 Å². The Morgan fingerprint density at radius 3 is 2.67 bits per heavy atom. The number of carbonyl (C=O) groups excluding carboxylic acids is 1. The third-order valence-corrected chi connectivity index (χ3v) is 3.24. The third kappa shape index (κ3) is 1.93. The predicted molar refractivity (Wildman–Crippen MR) is 73.5 cm³/mol. The van der Waals surface area contributed by atoms with Crippen molar-refractivity contribution in [3.8, 4) is 0 Å². The van der Waals surface area contributed by atoms with Crippen LogP contribution in [0.25, 0.3) is 0 Å². The Morgan fingerprint density at radius 2 is 1.83 bits per heavy atom. The molecule has 1 amide bonds. The molecule has 0 aliphatic carbocycles. The minimum Gasteiger partial charge on any atom is -0.353 e. The molecule has 0 aromatic heterocycles. The van der Waals surface area contributed by atoms with E-state index in [9.17, 15) is 4.79 Å². The standard InChI is InChI=1S/C14H11ClN2O/c15-10-5-1-2-6-11(10)16-12-7-3-4-9-8-13(18)17-14(9)12/h1-7,16H,8H2,(H,17,18). The molecule has 0 saturated heterocycles. The lowest BCUT2D eigenvalue weighted by Crippen LogP contribution is -2.05. The number of halogens is 1. The quantitative estimate of drug-likeness (QED) is 0.865. The summed E-state index contributed by atoms with van der Waals surface area (Å²) in [4.78, 5) is 11.4. The van der Waals surface area contributed by atoms with Gasteiger partial charge in [0.15, 0.2) is 0 Å². The van der Waals surface area contributed by atoms with Gasteiger partial charge in [-0.1, -0.05) is 35.9 Å². The van der Waals surface area contributed by atoms with Crippen LogP contribution in [0.5, 0.6) is 0 Å². The Balaban J connectivity index is 1.98. The van der Waals surface area contributed by atoms with E-state index in [2.05, 4.69) is 10.6 Å². The van der Waals surface area contributed by atoms with E-state index in [1.807, 2.05) is 42.5 Å². The second kappa shape index (κ2) is 4.35. The van der Waals surface area contributed by atoms with Gasteiger partial charge in [0.1, 0.15) is 0 Å². The highest BCUT2D eigenvalue weighted by Crippen LogP contribution is 2.34. The minimum absolute atomic E-state index is 0.0263. The van der Waals surface area contributed by atoms with Gasteiger partial charge in [-0.25, -0.2) is 0 Å². The molecule has 1 heterocycles. The number of hydrogen-bond donors (Lipinski definition) is 2. The van der Waals surface area contributed by atoms with Crippen molar-refractivity contribution in [1.82, 2.24) is 0 Å². The van der Waals surface area contributed by atoms with Crippen LogP contribution in [0, 0.1) is 0 Å². The van der Waals surface area contributed by atoms with Crippen molar-refractivity contribution in [1.29, 1.82) is 0 Å². The van der Waals surface area contributed by atoms with E-state index in [4.69, 9.17) is 11.6 Å². The Morgan fingerprint density at radius 1 is 1.06 bits per heavy atom. The van der Waals surface area contributed by atoms with Crippen LogP contribution in [-0.2, 0) is 11.2 Å². The molecule has 3 nitrogen and oxygen atoms in total. The number of carbonyl (C=O) groups is 1. The minimum atomic E-state index is 0.0263. The molecule has 3 rings (SSSR count). The van der Waals surface area contributed by atoms with E-state index in [0.29, 0.717) is 11.4 Å². The van der Waals surface area contributed by atoms with E-state index in [-0.39, 0.29) is 5.91 Å². The van der Waals surface area contributed by atoms with E-state index in [0.717, 1.165) is 22.6 Å². The molecule has 18 heavy (non-hydrogen) atoms. The number of fused-ring (bicyclic) bond motifs is 1. The summed E-state index contributed by atoms with van der Waals surface area (Å²) in [6.45, 7) is 0. The smallest absolute Gasteiger partial charge is 0.228 e. The topological polar surface area (TPSA) is 41.1 Å². The molecular formula is C14H11ClN2O. The molecule has 1 aliphatic rings. The van der Waals surface area contributed by atoms with Crippen molar-refractivity contribution in [2.45, 2.75) is 6.42 Å². The highest BCUT2D eigenvalue weighted by molar-refractivity contribution is 6.33. The Labute approximate surface area is 110 Å². The Hall–Kier alpha value is -2.00. The molecule has 2 aromatic carbocycles. The zero-order valence-electron chi connectivity index (χ0n) is 9.53. The fraction of sp³-hybridized carbons (Fsp3) is 0.0714. The van der Waals surface area contributed by atoms with Gasteiger partial charge in [-0.2, -0.15) is 0 Å². The van der Waals surface area contributed by atoms with Gasteiger partial charge in [0.05, 0.1) is 28.5 Å². The van der Waals surface area contributed by atoms with Crippen LogP contribution in [0.1, 0.15) is 5.56 Å². The molecule has 0 unspecified atom stereocenters. The molecule has 1 aliphatic heterocycles. The Bertz CT molecular complexity index is 625. The molecule has 2 aromatic rings. The van der Waals surface area contributed by atoms with E-state index < -0.39 is 0 Å². The van der Waals surface area contributed by atoms with Gasteiger partial charge < -0.3 is 10.6 Å². The molecule has 0 spiro atoms. The summed E-state index contributed by atoms with van der Waals surface area (Å²) in [7, 11) is 0. The number of hydrogen-bond acceptors (Lipinski definition) is 2. The molecule has 0 saturated carbocycles. The van der Waals surface area contributed by atoms with Gasteiger partial charge in [-0.3, -0.25) is 4.79 Å². The maximum Gasteiger partial charge on any atom is 0.228 e. The van der Waals surface area contributed by atoms with E-state index in [1.54, 1.807) is 0 Å². The average molecular weight is 259 g/mol. The maximum atomic E-state index is 11.4. The van der Waals surface area contributed by atoms with Crippen LogP contribution in [0.2, 0.25) is 5.02 Å². The van der Waals surface area contributed by atoms with Crippen LogP contribution in [0.15, 0.2) is 42.5 Å². The summed E-state index contributed by atoms with van der Waals surface area (Å²) in [5, 5.41) is 6.76. The summed E-state index contributed by atoms with van der Waals surface area (Å²) in [5.41, 5.74) is 3.56. The summed E-state index contributed by atoms with van der Waals surface area (Å²) in [6, 6.07) is 13.3. The zero-order chi connectivity index (χ0) is 12.5. The maximum absolute atomic E-state index is 11.4. The number of rotatable bonds is 2. The van der Waals surface area contributed by atoms with Gasteiger partial charge in [-0.05, 0) is 23.8 Å². The van der Waals surface area contributed by atoms with Crippen molar-refractivity contribution < 1.29 is 4.79 Å². The lowest BCUT2D eigenvalue weighted by atomic mass is 10.1. The first kappa shape index (κ1) is 11.1. The first-order chi connectivity index (χ1) is 8.74. The second-order valence-electron chi connectivity index (χ2n) is 4.17. The molecule has 90 valence electrons. The molecule has 0 atom stereocenters. The van der Waals surface area contributed by atoms with Crippen molar-refractivity contribution in [2.24, 2.45) is 0 Å². The Kier molecular flexibility index (Phi) is 2.68. The fourth-order valence-electron chi connectivity index (χ4n) is 2.06. The third-order valence-electron chi connectivity index (χ3n) is 2.91. The normalized spacial score (nSPS) is 13.1. The van der Waals surface area contributed by atoms with Gasteiger partial charge >= 0.3 is 0 Å². The number of anilines is 3. The SMILES string of the molecule is O=C1Cc2cccc(Nc3ccccc3Cl)c2N1. The van der Waals surface area contributed by atoms with Crippen LogP contribution in [-0.4, -0.2) is 5.91 Å². The van der Waals surface area contributed by atoms with Crippen molar-refractivity contribution in [3.63, 3.8) is 0 Å².